The lowest BCUT2D eigenvalue weighted by molar-refractivity contribution is -0.0439. The van der Waals surface area contributed by atoms with Crippen molar-refractivity contribution in [3.63, 3.8) is 0 Å². The zero-order valence-corrected chi connectivity index (χ0v) is 12.5. The molecule has 2 unspecified atom stereocenters. The fourth-order valence-electron chi connectivity index (χ4n) is 2.10. The summed E-state index contributed by atoms with van der Waals surface area (Å²) in [5, 5.41) is 8.77. The molecular weight excluding hydrogens is 298 g/mol. The lowest BCUT2D eigenvalue weighted by atomic mass is 10.3. The van der Waals surface area contributed by atoms with Crippen LogP contribution < -0.4 is 4.72 Å². The highest BCUT2D eigenvalue weighted by atomic mass is 32.2. The second kappa shape index (κ2) is 5.96. The lowest BCUT2D eigenvalue weighted by Gasteiger charge is -2.34. The molecule has 2 N–H and O–H groups in total. The Morgan fingerprint density at radius 2 is 2.00 bits per heavy atom. The van der Waals surface area contributed by atoms with Crippen molar-refractivity contribution in [1.29, 1.82) is 0 Å². The molecule has 2 atom stereocenters. The highest BCUT2D eigenvalue weighted by Crippen LogP contribution is 2.16. The molecule has 1 aromatic rings. The molecule has 0 aliphatic carbocycles. The Balaban J connectivity index is 2.11. The van der Waals surface area contributed by atoms with E-state index in [-0.39, 0.29) is 36.7 Å². The van der Waals surface area contributed by atoms with Gasteiger partial charge in [0.25, 0.3) is 0 Å². The minimum atomic E-state index is -3.74. The number of carboxylic acids is 1. The maximum atomic E-state index is 12.3. The van der Waals surface area contributed by atoms with Crippen LogP contribution in [0.25, 0.3) is 0 Å². The maximum Gasteiger partial charge on any atom is 0.337 e. The van der Waals surface area contributed by atoms with Crippen molar-refractivity contribution in [2.45, 2.75) is 26.1 Å². The number of hydrogen-bond donors (Lipinski definition) is 2. The Hall–Kier alpha value is -1.71. The molecule has 8 nitrogen and oxygen atoms in total. The van der Waals surface area contributed by atoms with Crippen molar-refractivity contribution in [3.8, 4) is 0 Å². The molecule has 0 amide bonds. The number of morpholine rings is 1. The first kappa shape index (κ1) is 15.7. The van der Waals surface area contributed by atoms with E-state index in [1.807, 2.05) is 0 Å². The number of anilines is 1. The fraction of sp³-hybridized carbons (Fsp3) is 0.500. The summed E-state index contributed by atoms with van der Waals surface area (Å²) < 4.78 is 33.6. The van der Waals surface area contributed by atoms with Gasteiger partial charge in [-0.05, 0) is 26.0 Å². The molecule has 1 fully saturated rings. The van der Waals surface area contributed by atoms with Crippen molar-refractivity contribution in [2.75, 3.05) is 17.8 Å². The molecule has 0 spiro atoms. The van der Waals surface area contributed by atoms with E-state index >= 15 is 0 Å². The smallest absolute Gasteiger partial charge is 0.337 e. The summed E-state index contributed by atoms with van der Waals surface area (Å²) in [7, 11) is -3.74. The number of rotatable bonds is 4. The van der Waals surface area contributed by atoms with Gasteiger partial charge in [0, 0.05) is 19.3 Å². The van der Waals surface area contributed by atoms with Crippen LogP contribution >= 0.6 is 0 Å². The maximum absolute atomic E-state index is 12.3. The third-order valence-corrected chi connectivity index (χ3v) is 4.42. The molecule has 2 heterocycles. The summed E-state index contributed by atoms with van der Waals surface area (Å²) in [5.74, 6) is -1.04. The molecular formula is C12H17N3O5S. The zero-order chi connectivity index (χ0) is 15.6. The number of nitrogens with one attached hydrogen (secondary N) is 1. The van der Waals surface area contributed by atoms with E-state index in [2.05, 4.69) is 9.71 Å². The molecule has 0 radical (unpaired) electrons. The second-order valence-corrected chi connectivity index (χ2v) is 6.59. The molecule has 9 heteroatoms. The quantitative estimate of drug-likeness (QED) is 0.839. The van der Waals surface area contributed by atoms with E-state index in [0.29, 0.717) is 0 Å². The Morgan fingerprint density at radius 1 is 1.38 bits per heavy atom. The molecule has 0 aromatic carbocycles. The van der Waals surface area contributed by atoms with Gasteiger partial charge in [-0.2, -0.15) is 12.7 Å². The second-order valence-electron chi connectivity index (χ2n) is 4.92. The molecule has 1 aliphatic heterocycles. The largest absolute Gasteiger partial charge is 0.478 e. The van der Waals surface area contributed by atoms with Gasteiger partial charge in [-0.25, -0.2) is 9.78 Å². The predicted molar refractivity (Wildman–Crippen MR) is 75.3 cm³/mol. The number of pyridine rings is 1. The highest BCUT2D eigenvalue weighted by Gasteiger charge is 2.31. The minimum Gasteiger partial charge on any atom is -0.478 e. The van der Waals surface area contributed by atoms with Crippen LogP contribution in [-0.4, -0.2) is 54.1 Å². The predicted octanol–water partition coefficient (Wildman–Crippen LogP) is 0.546. The first-order valence-electron chi connectivity index (χ1n) is 6.40. The summed E-state index contributed by atoms with van der Waals surface area (Å²) in [6.45, 7) is 4.12. The molecule has 2 rings (SSSR count). The van der Waals surface area contributed by atoms with Crippen LogP contribution in [0, 0.1) is 0 Å². The molecule has 0 bridgehead atoms. The number of ether oxygens (including phenoxy) is 1. The van der Waals surface area contributed by atoms with Crippen molar-refractivity contribution in [1.82, 2.24) is 9.29 Å². The van der Waals surface area contributed by atoms with Crippen LogP contribution in [-0.2, 0) is 14.9 Å². The number of aromatic carboxylic acids is 1. The average Bonchev–Trinajstić information content (AvgIpc) is 2.37. The first-order chi connectivity index (χ1) is 9.78. The standard InChI is InChI=1S/C12H17N3O5S/c1-8-6-15(7-9(2)20-8)21(18,19)14-11-4-3-10(5-13-11)12(16)17/h3-5,8-9H,6-7H2,1-2H3,(H,13,14)(H,16,17). The normalized spacial score (nSPS) is 23.7. The number of aromatic nitrogens is 1. The van der Waals surface area contributed by atoms with Gasteiger partial charge >= 0.3 is 16.2 Å². The van der Waals surface area contributed by atoms with Gasteiger partial charge in [-0.3, -0.25) is 4.72 Å². The van der Waals surface area contributed by atoms with Crippen LogP contribution in [0.3, 0.4) is 0 Å². The average molecular weight is 315 g/mol. The first-order valence-corrected chi connectivity index (χ1v) is 7.84. The summed E-state index contributed by atoms with van der Waals surface area (Å²) in [6.07, 6.45) is 0.727. The zero-order valence-electron chi connectivity index (χ0n) is 11.7. The Kier molecular flexibility index (Phi) is 4.45. The van der Waals surface area contributed by atoms with Gasteiger partial charge in [0.15, 0.2) is 0 Å². The number of carbonyl (C=O) groups is 1. The van der Waals surface area contributed by atoms with Gasteiger partial charge < -0.3 is 9.84 Å². The van der Waals surface area contributed by atoms with E-state index < -0.39 is 16.2 Å². The summed E-state index contributed by atoms with van der Waals surface area (Å²) in [5.41, 5.74) is -0.00781. The summed E-state index contributed by atoms with van der Waals surface area (Å²) in [4.78, 5) is 14.5. The SMILES string of the molecule is CC1CN(S(=O)(=O)Nc2ccc(C(=O)O)cn2)CC(C)O1. The van der Waals surface area contributed by atoms with Crippen LogP contribution in [0.4, 0.5) is 5.82 Å². The molecule has 1 saturated heterocycles. The van der Waals surface area contributed by atoms with Crippen LogP contribution in [0.2, 0.25) is 0 Å². The molecule has 116 valence electrons. The number of hydrogen-bond acceptors (Lipinski definition) is 5. The fourth-order valence-corrected chi connectivity index (χ4v) is 3.43. The van der Waals surface area contributed by atoms with E-state index in [1.54, 1.807) is 13.8 Å². The van der Waals surface area contributed by atoms with Crippen LogP contribution in [0.15, 0.2) is 18.3 Å². The van der Waals surface area contributed by atoms with E-state index in [9.17, 15) is 13.2 Å². The van der Waals surface area contributed by atoms with Gasteiger partial charge in [-0.15, -0.1) is 0 Å². The van der Waals surface area contributed by atoms with Crippen molar-refractivity contribution in [2.24, 2.45) is 0 Å². The molecule has 21 heavy (non-hydrogen) atoms. The topological polar surface area (TPSA) is 109 Å². The Labute approximate surface area is 122 Å². The number of carboxylic acid groups (broad SMARTS) is 1. The van der Waals surface area contributed by atoms with Crippen LogP contribution in [0.5, 0.6) is 0 Å². The minimum absolute atomic E-state index is 0.00781. The molecule has 1 aliphatic rings. The molecule has 0 saturated carbocycles. The summed E-state index contributed by atoms with van der Waals surface area (Å²) >= 11 is 0. The van der Waals surface area contributed by atoms with Gasteiger partial charge in [0.05, 0.1) is 17.8 Å². The van der Waals surface area contributed by atoms with Gasteiger partial charge in [-0.1, -0.05) is 0 Å². The third kappa shape index (κ3) is 3.90. The summed E-state index contributed by atoms with van der Waals surface area (Å²) in [6, 6.07) is 2.60. The van der Waals surface area contributed by atoms with Gasteiger partial charge in [0.2, 0.25) is 0 Å². The van der Waals surface area contributed by atoms with E-state index in [4.69, 9.17) is 9.84 Å². The number of nitrogens with zero attached hydrogens (tertiary/aromatic N) is 2. The lowest BCUT2D eigenvalue weighted by Crippen LogP contribution is -2.50. The van der Waals surface area contributed by atoms with E-state index in [0.717, 1.165) is 6.20 Å². The van der Waals surface area contributed by atoms with Crippen LogP contribution in [0.1, 0.15) is 24.2 Å². The van der Waals surface area contributed by atoms with E-state index in [1.165, 1.54) is 16.4 Å². The highest BCUT2D eigenvalue weighted by molar-refractivity contribution is 7.90. The van der Waals surface area contributed by atoms with Crippen molar-refractivity contribution < 1.29 is 23.1 Å². The monoisotopic (exact) mass is 315 g/mol. The Bertz CT molecular complexity index is 606. The molecule has 1 aromatic heterocycles. The Morgan fingerprint density at radius 3 is 2.48 bits per heavy atom. The van der Waals surface area contributed by atoms with Crippen molar-refractivity contribution >= 4 is 22.0 Å². The van der Waals surface area contributed by atoms with Gasteiger partial charge in [0.1, 0.15) is 5.82 Å². The van der Waals surface area contributed by atoms with Crippen molar-refractivity contribution in [3.05, 3.63) is 23.9 Å². The third-order valence-electron chi connectivity index (χ3n) is 2.97.